The van der Waals surface area contributed by atoms with Gasteiger partial charge >= 0.3 is 0 Å². The quantitative estimate of drug-likeness (QED) is 0.413. The van der Waals surface area contributed by atoms with Crippen LogP contribution in [-0.4, -0.2) is 36.9 Å². The summed E-state index contributed by atoms with van der Waals surface area (Å²) < 4.78 is 0. The van der Waals surface area contributed by atoms with E-state index in [2.05, 4.69) is 36.3 Å². The predicted molar refractivity (Wildman–Crippen MR) is 84.7 cm³/mol. The van der Waals surface area contributed by atoms with Crippen LogP contribution in [0.15, 0.2) is 17.3 Å². The van der Waals surface area contributed by atoms with Gasteiger partial charge in [0, 0.05) is 18.3 Å². The molecule has 1 N–H and O–H groups in total. The minimum atomic E-state index is 0.654. The Bertz CT molecular complexity index is 278. The second-order valence-corrected chi connectivity index (χ2v) is 5.36. The Balaban J connectivity index is 2.66. The van der Waals surface area contributed by atoms with E-state index in [9.17, 15) is 0 Å². The van der Waals surface area contributed by atoms with Gasteiger partial charge in [0.1, 0.15) is 0 Å². The van der Waals surface area contributed by atoms with Gasteiger partial charge in [-0.3, -0.25) is 5.01 Å². The number of rotatable bonds is 8. The minimum absolute atomic E-state index is 0.654. The lowest BCUT2D eigenvalue weighted by atomic mass is 9.95. The van der Waals surface area contributed by atoms with Gasteiger partial charge in [-0.25, -0.2) is 0 Å². The molecule has 110 valence electrons. The van der Waals surface area contributed by atoms with Gasteiger partial charge < -0.3 is 5.32 Å². The lowest BCUT2D eigenvalue weighted by Crippen LogP contribution is -2.34. The SMILES string of the molecule is C/C=C/CN(/N=C(\CC)CCNC)C1CCCCC1. The number of nitrogens with zero attached hydrogens (tertiary/aromatic N) is 2. The Labute approximate surface area is 119 Å². The van der Waals surface area contributed by atoms with E-state index in [1.165, 1.54) is 37.8 Å². The van der Waals surface area contributed by atoms with E-state index in [1.807, 2.05) is 7.05 Å². The molecule has 0 amide bonds. The summed E-state index contributed by atoms with van der Waals surface area (Å²) in [7, 11) is 2.01. The molecule has 1 aliphatic carbocycles. The van der Waals surface area contributed by atoms with Crippen molar-refractivity contribution in [3.8, 4) is 0 Å². The van der Waals surface area contributed by atoms with Crippen molar-refractivity contribution >= 4 is 5.71 Å². The van der Waals surface area contributed by atoms with Crippen LogP contribution in [0.3, 0.4) is 0 Å². The molecule has 19 heavy (non-hydrogen) atoms. The Morgan fingerprint density at radius 1 is 1.32 bits per heavy atom. The first-order valence-corrected chi connectivity index (χ1v) is 7.90. The van der Waals surface area contributed by atoms with Gasteiger partial charge in [-0.05, 0) is 39.7 Å². The molecule has 0 spiro atoms. The third-order valence-electron chi connectivity index (χ3n) is 3.87. The van der Waals surface area contributed by atoms with Gasteiger partial charge in [0.25, 0.3) is 0 Å². The van der Waals surface area contributed by atoms with Crippen LogP contribution in [0.2, 0.25) is 0 Å². The van der Waals surface area contributed by atoms with E-state index >= 15 is 0 Å². The summed E-state index contributed by atoms with van der Waals surface area (Å²) in [4.78, 5) is 0. The van der Waals surface area contributed by atoms with Crippen LogP contribution in [0.4, 0.5) is 0 Å². The summed E-state index contributed by atoms with van der Waals surface area (Å²) in [6, 6.07) is 0.654. The van der Waals surface area contributed by atoms with Crippen molar-refractivity contribution in [2.24, 2.45) is 5.10 Å². The molecule has 1 aliphatic rings. The maximum atomic E-state index is 4.95. The molecule has 3 heteroatoms. The van der Waals surface area contributed by atoms with Crippen LogP contribution in [0.1, 0.15) is 58.8 Å². The largest absolute Gasteiger partial charge is 0.319 e. The van der Waals surface area contributed by atoms with Gasteiger partial charge in [-0.2, -0.15) is 5.10 Å². The monoisotopic (exact) mass is 265 g/mol. The zero-order chi connectivity index (χ0) is 13.9. The topological polar surface area (TPSA) is 27.6 Å². The average Bonchev–Trinajstić information content (AvgIpc) is 2.47. The molecule has 0 radical (unpaired) electrons. The first-order chi connectivity index (χ1) is 9.31. The zero-order valence-electron chi connectivity index (χ0n) is 13.0. The van der Waals surface area contributed by atoms with Crippen molar-refractivity contribution in [1.82, 2.24) is 10.3 Å². The Hall–Kier alpha value is -0.830. The lowest BCUT2D eigenvalue weighted by molar-refractivity contribution is 0.178. The van der Waals surface area contributed by atoms with Crippen LogP contribution in [0.25, 0.3) is 0 Å². The molecule has 0 aromatic heterocycles. The zero-order valence-corrected chi connectivity index (χ0v) is 13.0. The molecule has 0 unspecified atom stereocenters. The molecule has 1 fully saturated rings. The average molecular weight is 265 g/mol. The van der Waals surface area contributed by atoms with Crippen LogP contribution in [-0.2, 0) is 0 Å². The molecule has 1 saturated carbocycles. The van der Waals surface area contributed by atoms with Crippen molar-refractivity contribution in [2.75, 3.05) is 20.1 Å². The standard InChI is InChI=1S/C16H31N3/c1-4-6-14-19(16-10-8-7-9-11-16)18-15(5-2)12-13-17-3/h4,6,16-17H,5,7-14H2,1-3H3/b6-4+,18-15+. The van der Waals surface area contributed by atoms with Crippen molar-refractivity contribution in [2.45, 2.75) is 64.8 Å². The van der Waals surface area contributed by atoms with Gasteiger partial charge in [-0.1, -0.05) is 38.3 Å². The number of hydrazone groups is 1. The van der Waals surface area contributed by atoms with Crippen molar-refractivity contribution < 1.29 is 0 Å². The van der Waals surface area contributed by atoms with Crippen LogP contribution < -0.4 is 5.32 Å². The first kappa shape index (κ1) is 16.2. The van der Waals surface area contributed by atoms with E-state index < -0.39 is 0 Å². The van der Waals surface area contributed by atoms with E-state index in [-0.39, 0.29) is 0 Å². The van der Waals surface area contributed by atoms with Crippen LogP contribution in [0.5, 0.6) is 0 Å². The first-order valence-electron chi connectivity index (χ1n) is 7.90. The molecule has 0 heterocycles. The summed E-state index contributed by atoms with van der Waals surface area (Å²) in [6.45, 7) is 6.28. The van der Waals surface area contributed by atoms with E-state index in [1.54, 1.807) is 0 Å². The fraction of sp³-hybridized carbons (Fsp3) is 0.812. The third kappa shape index (κ3) is 6.24. The van der Waals surface area contributed by atoms with Crippen molar-refractivity contribution in [1.29, 1.82) is 0 Å². The molecule has 1 rings (SSSR count). The molecule has 0 bridgehead atoms. The molecule has 0 atom stereocenters. The van der Waals surface area contributed by atoms with Crippen LogP contribution >= 0.6 is 0 Å². The fourth-order valence-corrected chi connectivity index (χ4v) is 2.61. The normalized spacial score (nSPS) is 18.2. The Morgan fingerprint density at radius 3 is 2.63 bits per heavy atom. The molecule has 0 aliphatic heterocycles. The summed E-state index contributed by atoms with van der Waals surface area (Å²) in [6.07, 6.45) is 13.2. The number of nitrogens with one attached hydrogen (secondary N) is 1. The Kier molecular flexibility index (Phi) is 8.55. The highest BCUT2D eigenvalue weighted by Gasteiger charge is 2.19. The van der Waals surface area contributed by atoms with E-state index in [0.29, 0.717) is 6.04 Å². The number of allylic oxidation sites excluding steroid dienone is 1. The van der Waals surface area contributed by atoms with Crippen molar-refractivity contribution in [3.05, 3.63) is 12.2 Å². The highest BCUT2D eigenvalue weighted by Crippen LogP contribution is 2.23. The molecule has 0 aromatic carbocycles. The van der Waals surface area contributed by atoms with Gasteiger partial charge in [0.15, 0.2) is 0 Å². The van der Waals surface area contributed by atoms with Crippen molar-refractivity contribution in [3.63, 3.8) is 0 Å². The maximum Gasteiger partial charge on any atom is 0.0544 e. The third-order valence-corrected chi connectivity index (χ3v) is 3.87. The van der Waals surface area contributed by atoms with E-state index in [0.717, 1.165) is 25.9 Å². The lowest BCUT2D eigenvalue weighted by Gasteiger charge is -2.32. The summed E-state index contributed by atoms with van der Waals surface area (Å²) >= 11 is 0. The molecule has 0 saturated heterocycles. The molecular formula is C16H31N3. The number of hydrogen-bond acceptors (Lipinski definition) is 3. The van der Waals surface area contributed by atoms with E-state index in [4.69, 9.17) is 5.10 Å². The maximum absolute atomic E-state index is 4.95. The summed E-state index contributed by atoms with van der Waals surface area (Å²) in [5, 5.41) is 10.5. The molecule has 0 aromatic rings. The summed E-state index contributed by atoms with van der Waals surface area (Å²) in [5.74, 6) is 0. The van der Waals surface area contributed by atoms with Gasteiger partial charge in [-0.15, -0.1) is 0 Å². The fourth-order valence-electron chi connectivity index (χ4n) is 2.61. The highest BCUT2D eigenvalue weighted by molar-refractivity contribution is 5.84. The van der Waals surface area contributed by atoms with Crippen LogP contribution in [0, 0.1) is 0 Å². The Morgan fingerprint density at radius 2 is 2.05 bits per heavy atom. The summed E-state index contributed by atoms with van der Waals surface area (Å²) in [5.41, 5.74) is 1.32. The predicted octanol–water partition coefficient (Wildman–Crippen LogP) is 3.57. The smallest absolute Gasteiger partial charge is 0.0544 e. The highest BCUT2D eigenvalue weighted by atomic mass is 15.5. The second kappa shape index (κ2) is 10.0. The minimum Gasteiger partial charge on any atom is -0.319 e. The molecular weight excluding hydrogens is 234 g/mol. The van der Waals surface area contributed by atoms with Gasteiger partial charge in [0.2, 0.25) is 0 Å². The number of hydrogen-bond donors (Lipinski definition) is 1. The second-order valence-electron chi connectivity index (χ2n) is 5.36. The molecule has 3 nitrogen and oxygen atoms in total. The van der Waals surface area contributed by atoms with Gasteiger partial charge in [0.05, 0.1) is 6.54 Å².